The molecule has 0 unspecified atom stereocenters. The van der Waals surface area contributed by atoms with E-state index in [9.17, 15) is 9.18 Å². The Balaban J connectivity index is 2.24. The Labute approximate surface area is 132 Å². The van der Waals surface area contributed by atoms with Crippen molar-refractivity contribution in [2.24, 2.45) is 11.6 Å². The number of carbonyl (C=O) groups is 1. The highest BCUT2D eigenvalue weighted by molar-refractivity contribution is 5.87. The fourth-order valence-corrected chi connectivity index (χ4v) is 1.98. The molecule has 0 atom stereocenters. The fourth-order valence-electron chi connectivity index (χ4n) is 1.98. The van der Waals surface area contributed by atoms with Gasteiger partial charge in [-0.2, -0.15) is 0 Å². The Bertz CT molecular complexity index is 768. The van der Waals surface area contributed by atoms with E-state index in [0.717, 1.165) is 11.1 Å². The van der Waals surface area contributed by atoms with Gasteiger partial charge in [0.05, 0.1) is 5.70 Å². The Morgan fingerprint density at radius 1 is 1.13 bits per heavy atom. The number of carboxylic acids is 1. The number of hydrazine groups is 1. The Morgan fingerprint density at radius 3 is 2.35 bits per heavy atom. The lowest BCUT2D eigenvalue weighted by atomic mass is 10.0. The van der Waals surface area contributed by atoms with Crippen molar-refractivity contribution < 1.29 is 14.3 Å². The van der Waals surface area contributed by atoms with E-state index in [1.165, 1.54) is 12.1 Å². The van der Waals surface area contributed by atoms with E-state index in [-0.39, 0.29) is 17.2 Å². The summed E-state index contributed by atoms with van der Waals surface area (Å²) in [5.74, 6) is 3.69. The molecule has 0 saturated carbocycles. The van der Waals surface area contributed by atoms with E-state index in [1.807, 2.05) is 0 Å². The van der Waals surface area contributed by atoms with E-state index in [4.69, 9.17) is 16.7 Å². The van der Waals surface area contributed by atoms with E-state index in [1.54, 1.807) is 48.5 Å². The highest BCUT2D eigenvalue weighted by atomic mass is 19.1. The molecular formula is C17H16FN3O2. The first-order valence-corrected chi connectivity index (χ1v) is 6.75. The lowest BCUT2D eigenvalue weighted by Crippen LogP contribution is -2.26. The predicted molar refractivity (Wildman–Crippen MR) is 87.0 cm³/mol. The van der Waals surface area contributed by atoms with Crippen LogP contribution in [0.3, 0.4) is 0 Å². The summed E-state index contributed by atoms with van der Waals surface area (Å²) in [5, 5.41) is 8.82. The van der Waals surface area contributed by atoms with Crippen molar-refractivity contribution in [2.45, 2.75) is 0 Å². The van der Waals surface area contributed by atoms with Crippen LogP contribution in [0.4, 0.5) is 4.39 Å². The third kappa shape index (κ3) is 3.96. The van der Waals surface area contributed by atoms with Gasteiger partial charge >= 0.3 is 5.97 Å². The molecule has 0 bridgehead atoms. The molecule has 0 aliphatic heterocycles. The first-order valence-electron chi connectivity index (χ1n) is 6.75. The van der Waals surface area contributed by atoms with Gasteiger partial charge < -0.3 is 16.3 Å². The van der Waals surface area contributed by atoms with Gasteiger partial charge in [0.15, 0.2) is 0 Å². The molecule has 0 radical (unpaired) electrons. The zero-order chi connectivity index (χ0) is 16.8. The van der Waals surface area contributed by atoms with Crippen LogP contribution in [0.2, 0.25) is 0 Å². The summed E-state index contributed by atoms with van der Waals surface area (Å²) in [7, 11) is 0. The van der Waals surface area contributed by atoms with Crippen LogP contribution in [-0.2, 0) is 4.79 Å². The van der Waals surface area contributed by atoms with Gasteiger partial charge in [0.2, 0.25) is 0 Å². The lowest BCUT2D eigenvalue weighted by Gasteiger charge is -2.05. The molecule has 2 rings (SSSR count). The molecule has 0 spiro atoms. The van der Waals surface area contributed by atoms with Crippen molar-refractivity contribution in [3.63, 3.8) is 0 Å². The van der Waals surface area contributed by atoms with E-state index in [0.29, 0.717) is 5.56 Å². The molecule has 0 aliphatic rings. The number of rotatable bonds is 5. The summed E-state index contributed by atoms with van der Waals surface area (Å²) in [6.45, 7) is 0. The highest BCUT2D eigenvalue weighted by Crippen LogP contribution is 2.23. The van der Waals surface area contributed by atoms with Crippen LogP contribution < -0.4 is 17.0 Å². The number of carboxylic acid groups (broad SMARTS) is 1. The number of nitrogens with one attached hydrogen (secondary N) is 1. The van der Waals surface area contributed by atoms with Gasteiger partial charge in [-0.25, -0.2) is 9.18 Å². The Morgan fingerprint density at radius 2 is 1.78 bits per heavy atom. The molecular weight excluding hydrogens is 297 g/mol. The monoisotopic (exact) mass is 313 g/mol. The minimum absolute atomic E-state index is 0.0932. The summed E-state index contributed by atoms with van der Waals surface area (Å²) in [4.78, 5) is 10.8. The highest BCUT2D eigenvalue weighted by Gasteiger charge is 2.07. The standard InChI is InChI=1S/C17H16FN3O2/c18-14-4-2-1-3-13(14)12-8-5-11(6-9-12)7-10-15(21-20)16(19)17(22)23/h1-10,21H,19-20H2,(H,22,23)/b10-7+,16-15-. The SMILES string of the molecule is NNC(/C=C/c1ccc(-c2ccccc2F)cc1)=C(\N)C(=O)O. The minimum atomic E-state index is -1.27. The summed E-state index contributed by atoms with van der Waals surface area (Å²) < 4.78 is 13.7. The fraction of sp³-hybridized carbons (Fsp3) is 0. The zero-order valence-corrected chi connectivity index (χ0v) is 12.2. The van der Waals surface area contributed by atoms with Crippen molar-refractivity contribution in [1.82, 2.24) is 5.43 Å². The maximum atomic E-state index is 13.7. The smallest absolute Gasteiger partial charge is 0.353 e. The molecule has 6 heteroatoms. The Hall–Kier alpha value is -3.12. The maximum Gasteiger partial charge on any atom is 0.353 e. The van der Waals surface area contributed by atoms with Gasteiger partial charge in [0, 0.05) is 5.56 Å². The molecule has 0 aromatic heterocycles. The van der Waals surface area contributed by atoms with Crippen molar-refractivity contribution in [3.05, 3.63) is 77.4 Å². The number of hydrogen-bond donors (Lipinski definition) is 4. The normalized spacial score (nSPS) is 12.1. The topological polar surface area (TPSA) is 101 Å². The van der Waals surface area contributed by atoms with Crippen LogP contribution in [0.25, 0.3) is 17.2 Å². The average Bonchev–Trinajstić information content (AvgIpc) is 2.56. The van der Waals surface area contributed by atoms with Crippen LogP contribution in [0, 0.1) is 5.82 Å². The maximum absolute atomic E-state index is 13.7. The number of allylic oxidation sites excluding steroid dienone is 1. The van der Waals surface area contributed by atoms with E-state index >= 15 is 0 Å². The van der Waals surface area contributed by atoms with Crippen LogP contribution in [0.15, 0.2) is 66.0 Å². The Kier molecular flexibility index (Phi) is 5.11. The first-order chi connectivity index (χ1) is 11.0. The predicted octanol–water partition coefficient (Wildman–Crippen LogP) is 2.22. The van der Waals surface area contributed by atoms with E-state index < -0.39 is 5.97 Å². The van der Waals surface area contributed by atoms with Gasteiger partial charge in [-0.3, -0.25) is 5.84 Å². The first kappa shape index (κ1) is 16.3. The van der Waals surface area contributed by atoms with Crippen LogP contribution >= 0.6 is 0 Å². The number of benzene rings is 2. The number of aliphatic carboxylic acids is 1. The van der Waals surface area contributed by atoms with Crippen LogP contribution in [0.1, 0.15) is 5.56 Å². The van der Waals surface area contributed by atoms with Crippen molar-refractivity contribution >= 4 is 12.0 Å². The molecule has 23 heavy (non-hydrogen) atoms. The van der Waals surface area contributed by atoms with Crippen LogP contribution in [-0.4, -0.2) is 11.1 Å². The largest absolute Gasteiger partial charge is 0.477 e. The summed E-state index contributed by atoms with van der Waals surface area (Å²) in [5.41, 5.74) is 9.40. The molecule has 0 aliphatic carbocycles. The number of halogens is 1. The van der Waals surface area contributed by atoms with Crippen LogP contribution in [0.5, 0.6) is 0 Å². The van der Waals surface area contributed by atoms with Gasteiger partial charge in [0.25, 0.3) is 0 Å². The second kappa shape index (κ2) is 7.24. The second-order valence-electron chi connectivity index (χ2n) is 4.71. The zero-order valence-electron chi connectivity index (χ0n) is 12.2. The summed E-state index contributed by atoms with van der Waals surface area (Å²) >= 11 is 0. The average molecular weight is 313 g/mol. The molecule has 6 N–H and O–H groups in total. The number of nitrogens with two attached hydrogens (primary N) is 2. The second-order valence-corrected chi connectivity index (χ2v) is 4.71. The molecule has 0 saturated heterocycles. The van der Waals surface area contributed by atoms with Crippen molar-refractivity contribution in [1.29, 1.82) is 0 Å². The lowest BCUT2D eigenvalue weighted by molar-refractivity contribution is -0.132. The third-order valence-electron chi connectivity index (χ3n) is 3.21. The van der Waals surface area contributed by atoms with Gasteiger partial charge in [0.1, 0.15) is 11.5 Å². The van der Waals surface area contributed by atoms with Gasteiger partial charge in [-0.15, -0.1) is 0 Å². The van der Waals surface area contributed by atoms with Crippen molar-refractivity contribution in [2.75, 3.05) is 0 Å². The summed E-state index contributed by atoms with van der Waals surface area (Å²) in [6.07, 6.45) is 3.11. The summed E-state index contributed by atoms with van der Waals surface area (Å²) in [6, 6.07) is 13.6. The molecule has 118 valence electrons. The molecule has 0 fully saturated rings. The third-order valence-corrected chi connectivity index (χ3v) is 3.21. The van der Waals surface area contributed by atoms with Gasteiger partial charge in [-0.1, -0.05) is 48.5 Å². The minimum Gasteiger partial charge on any atom is -0.477 e. The molecule has 0 heterocycles. The molecule has 2 aromatic carbocycles. The van der Waals surface area contributed by atoms with E-state index in [2.05, 4.69) is 5.43 Å². The molecule has 0 amide bonds. The van der Waals surface area contributed by atoms with Gasteiger partial charge in [-0.05, 0) is 23.3 Å². The molecule has 5 nitrogen and oxygen atoms in total. The van der Waals surface area contributed by atoms with Crippen molar-refractivity contribution in [3.8, 4) is 11.1 Å². The molecule has 2 aromatic rings. The number of hydrogen-bond acceptors (Lipinski definition) is 4. The quantitative estimate of drug-likeness (QED) is 0.293.